The fourth-order valence-electron chi connectivity index (χ4n) is 6.35. The van der Waals surface area contributed by atoms with E-state index in [0.717, 1.165) is 50.2 Å². The zero-order chi connectivity index (χ0) is 15.9. The SMILES string of the molecule is N#CC1CCN(C(=O)NCCC23CC4CC(CC(C4)C2)C3)CC1. The third kappa shape index (κ3) is 3.07. The molecule has 0 aromatic rings. The summed E-state index contributed by atoms with van der Waals surface area (Å²) in [5, 5.41) is 12.1. The molecule has 5 aliphatic rings. The molecule has 23 heavy (non-hydrogen) atoms. The van der Waals surface area contributed by atoms with Gasteiger partial charge in [-0.25, -0.2) is 4.79 Å². The fraction of sp³-hybridized carbons (Fsp3) is 0.895. The molecule has 1 N–H and O–H groups in total. The van der Waals surface area contributed by atoms with E-state index in [1.165, 1.54) is 44.9 Å². The Labute approximate surface area is 139 Å². The van der Waals surface area contributed by atoms with E-state index in [9.17, 15) is 4.79 Å². The molecule has 1 heterocycles. The molecular weight excluding hydrogens is 286 g/mol. The van der Waals surface area contributed by atoms with Gasteiger partial charge in [-0.3, -0.25) is 0 Å². The van der Waals surface area contributed by atoms with Crippen molar-refractivity contribution < 1.29 is 4.79 Å². The first-order valence-corrected chi connectivity index (χ1v) is 9.58. The second-order valence-electron chi connectivity index (χ2n) is 8.79. The van der Waals surface area contributed by atoms with Crippen LogP contribution in [0.4, 0.5) is 4.79 Å². The van der Waals surface area contributed by atoms with Gasteiger partial charge in [0, 0.05) is 25.6 Å². The quantitative estimate of drug-likeness (QED) is 0.866. The summed E-state index contributed by atoms with van der Waals surface area (Å²) in [5.74, 6) is 3.11. The first-order chi connectivity index (χ1) is 11.2. The zero-order valence-corrected chi connectivity index (χ0v) is 14.1. The fourth-order valence-corrected chi connectivity index (χ4v) is 6.35. The van der Waals surface area contributed by atoms with Crippen LogP contribution in [0.1, 0.15) is 57.8 Å². The highest BCUT2D eigenvalue weighted by molar-refractivity contribution is 5.74. The van der Waals surface area contributed by atoms with Gasteiger partial charge >= 0.3 is 6.03 Å². The Balaban J connectivity index is 1.24. The number of piperidine rings is 1. The molecule has 4 saturated carbocycles. The summed E-state index contributed by atoms with van der Waals surface area (Å²) in [7, 11) is 0. The summed E-state index contributed by atoms with van der Waals surface area (Å²) in [4.78, 5) is 14.2. The van der Waals surface area contributed by atoms with E-state index in [4.69, 9.17) is 5.26 Å². The van der Waals surface area contributed by atoms with E-state index in [1.54, 1.807) is 0 Å². The summed E-state index contributed by atoms with van der Waals surface area (Å²) in [5.41, 5.74) is 0.551. The maximum absolute atomic E-state index is 12.3. The Bertz CT molecular complexity index is 466. The summed E-state index contributed by atoms with van der Waals surface area (Å²) >= 11 is 0. The molecule has 0 aromatic heterocycles. The smallest absolute Gasteiger partial charge is 0.317 e. The normalized spacial score (nSPS) is 39.3. The van der Waals surface area contributed by atoms with Crippen molar-refractivity contribution >= 4 is 6.03 Å². The Morgan fingerprint density at radius 1 is 1.09 bits per heavy atom. The number of nitrogens with one attached hydrogen (secondary N) is 1. The van der Waals surface area contributed by atoms with Gasteiger partial charge in [0.15, 0.2) is 0 Å². The molecule has 5 fully saturated rings. The van der Waals surface area contributed by atoms with Crippen molar-refractivity contribution in [3.63, 3.8) is 0 Å². The molecule has 0 radical (unpaired) electrons. The standard InChI is InChI=1S/C19H29N3O/c20-13-14-1-5-22(6-2-14)18(23)21-4-3-19-10-15-7-16(11-19)9-17(8-15)12-19/h14-17H,1-12H2,(H,21,23). The lowest BCUT2D eigenvalue weighted by Crippen LogP contribution is -2.48. The number of amides is 2. The molecule has 0 aromatic carbocycles. The number of urea groups is 1. The van der Waals surface area contributed by atoms with Crippen molar-refractivity contribution in [2.45, 2.75) is 57.8 Å². The Morgan fingerprint density at radius 2 is 1.65 bits per heavy atom. The Kier molecular flexibility index (Phi) is 3.99. The Morgan fingerprint density at radius 3 is 2.17 bits per heavy atom. The first kappa shape index (κ1) is 15.3. The van der Waals surface area contributed by atoms with E-state index in [2.05, 4.69) is 11.4 Å². The van der Waals surface area contributed by atoms with Crippen LogP contribution in [0.25, 0.3) is 0 Å². The third-order valence-corrected chi connectivity index (χ3v) is 7.06. The van der Waals surface area contributed by atoms with Crippen LogP contribution in [0.2, 0.25) is 0 Å². The average molecular weight is 315 g/mol. The van der Waals surface area contributed by atoms with E-state index in [-0.39, 0.29) is 11.9 Å². The molecule has 1 aliphatic heterocycles. The van der Waals surface area contributed by atoms with E-state index >= 15 is 0 Å². The largest absolute Gasteiger partial charge is 0.338 e. The number of hydrogen-bond donors (Lipinski definition) is 1. The number of likely N-dealkylation sites (tertiary alicyclic amines) is 1. The van der Waals surface area contributed by atoms with Gasteiger partial charge in [-0.1, -0.05) is 0 Å². The minimum Gasteiger partial charge on any atom is -0.338 e. The van der Waals surface area contributed by atoms with Crippen LogP contribution in [0.15, 0.2) is 0 Å². The molecule has 0 spiro atoms. The molecule has 0 unspecified atom stereocenters. The maximum atomic E-state index is 12.3. The summed E-state index contributed by atoms with van der Waals surface area (Å²) in [6, 6.07) is 2.41. The number of carbonyl (C=O) groups excluding carboxylic acids is 1. The minimum atomic E-state index is 0.0890. The monoisotopic (exact) mass is 315 g/mol. The van der Waals surface area contributed by atoms with Gasteiger partial charge in [-0.2, -0.15) is 5.26 Å². The van der Waals surface area contributed by atoms with E-state index in [0.29, 0.717) is 5.41 Å². The van der Waals surface area contributed by atoms with Crippen molar-refractivity contribution in [2.75, 3.05) is 19.6 Å². The van der Waals surface area contributed by atoms with Crippen LogP contribution in [0, 0.1) is 40.4 Å². The van der Waals surface area contributed by atoms with Gasteiger partial charge in [0.05, 0.1) is 6.07 Å². The lowest BCUT2D eigenvalue weighted by Gasteiger charge is -2.57. The van der Waals surface area contributed by atoms with Crippen LogP contribution in [-0.2, 0) is 0 Å². The zero-order valence-electron chi connectivity index (χ0n) is 14.1. The highest BCUT2D eigenvalue weighted by Gasteiger charge is 2.50. The molecule has 1 saturated heterocycles. The molecule has 0 atom stereocenters. The van der Waals surface area contributed by atoms with Gasteiger partial charge in [0.1, 0.15) is 0 Å². The Hall–Kier alpha value is -1.24. The van der Waals surface area contributed by atoms with Crippen molar-refractivity contribution in [1.29, 1.82) is 5.26 Å². The number of carbonyl (C=O) groups is 1. The molecule has 4 aliphatic carbocycles. The minimum absolute atomic E-state index is 0.0890. The third-order valence-electron chi connectivity index (χ3n) is 7.06. The molecule has 2 amide bonds. The topological polar surface area (TPSA) is 56.1 Å². The van der Waals surface area contributed by atoms with Crippen molar-refractivity contribution in [2.24, 2.45) is 29.1 Å². The van der Waals surface area contributed by atoms with Gasteiger partial charge in [-0.15, -0.1) is 0 Å². The first-order valence-electron chi connectivity index (χ1n) is 9.58. The molecule has 126 valence electrons. The molecule has 4 heteroatoms. The number of nitrogens with zero attached hydrogens (tertiary/aromatic N) is 2. The van der Waals surface area contributed by atoms with Crippen LogP contribution >= 0.6 is 0 Å². The number of nitriles is 1. The van der Waals surface area contributed by atoms with Crippen LogP contribution in [0.5, 0.6) is 0 Å². The number of hydrogen-bond acceptors (Lipinski definition) is 2. The highest BCUT2D eigenvalue weighted by Crippen LogP contribution is 2.61. The van der Waals surface area contributed by atoms with Gasteiger partial charge in [0.2, 0.25) is 0 Å². The molecule has 4 nitrogen and oxygen atoms in total. The lowest BCUT2D eigenvalue weighted by atomic mass is 9.49. The van der Waals surface area contributed by atoms with Gasteiger partial charge in [0.25, 0.3) is 0 Å². The summed E-state index contributed by atoms with van der Waals surface area (Å²) in [6.07, 6.45) is 11.6. The van der Waals surface area contributed by atoms with E-state index in [1.807, 2.05) is 4.90 Å². The van der Waals surface area contributed by atoms with Crippen LogP contribution in [-0.4, -0.2) is 30.6 Å². The highest BCUT2D eigenvalue weighted by atomic mass is 16.2. The summed E-state index contributed by atoms with van der Waals surface area (Å²) in [6.45, 7) is 2.31. The van der Waals surface area contributed by atoms with Gasteiger partial charge in [-0.05, 0) is 81.0 Å². The maximum Gasteiger partial charge on any atom is 0.317 e. The van der Waals surface area contributed by atoms with Gasteiger partial charge < -0.3 is 10.2 Å². The van der Waals surface area contributed by atoms with Crippen molar-refractivity contribution in [3.05, 3.63) is 0 Å². The molecule has 5 rings (SSSR count). The average Bonchev–Trinajstić information content (AvgIpc) is 2.53. The second-order valence-corrected chi connectivity index (χ2v) is 8.79. The van der Waals surface area contributed by atoms with E-state index < -0.39 is 0 Å². The summed E-state index contributed by atoms with van der Waals surface area (Å²) < 4.78 is 0. The molecular formula is C19H29N3O. The van der Waals surface area contributed by atoms with Crippen LogP contribution in [0.3, 0.4) is 0 Å². The molecule has 4 bridgehead atoms. The second kappa shape index (κ2) is 6.00. The van der Waals surface area contributed by atoms with Crippen molar-refractivity contribution in [3.8, 4) is 6.07 Å². The predicted molar refractivity (Wildman–Crippen MR) is 88.5 cm³/mol. The predicted octanol–water partition coefficient (Wildman–Crippen LogP) is 3.54. The van der Waals surface area contributed by atoms with Crippen molar-refractivity contribution in [1.82, 2.24) is 10.2 Å². The van der Waals surface area contributed by atoms with Crippen LogP contribution < -0.4 is 5.32 Å². The number of rotatable bonds is 3. The lowest BCUT2D eigenvalue weighted by molar-refractivity contribution is -0.0564.